The van der Waals surface area contributed by atoms with E-state index in [0.717, 1.165) is 6.42 Å². The summed E-state index contributed by atoms with van der Waals surface area (Å²) in [5.41, 5.74) is 0.492. The Bertz CT molecular complexity index is 855. The Labute approximate surface area is 167 Å². The smallest absolute Gasteiger partial charge is 0.387 e. The molecule has 2 aromatic rings. The van der Waals surface area contributed by atoms with Gasteiger partial charge in [0.15, 0.2) is 17.2 Å². The highest BCUT2D eigenvalue weighted by Crippen LogP contribution is 2.30. The summed E-state index contributed by atoms with van der Waals surface area (Å²) in [5.74, 6) is -1.10. The molecule has 1 aromatic heterocycles. The van der Waals surface area contributed by atoms with Gasteiger partial charge in [-0.2, -0.15) is 13.9 Å². The van der Waals surface area contributed by atoms with Crippen LogP contribution < -0.4 is 20.1 Å². The molecule has 0 bridgehead atoms. The number of benzene rings is 1. The molecule has 158 valence electrons. The van der Waals surface area contributed by atoms with E-state index in [1.807, 2.05) is 13.8 Å². The minimum absolute atomic E-state index is 0.0191. The summed E-state index contributed by atoms with van der Waals surface area (Å²) in [6.45, 7) is 3.63. The lowest BCUT2D eigenvalue weighted by atomic mass is 10.2. The van der Waals surface area contributed by atoms with Crippen molar-refractivity contribution in [3.05, 3.63) is 35.7 Å². The lowest BCUT2D eigenvalue weighted by Crippen LogP contribution is -2.26. The molecule has 0 aliphatic rings. The Balaban J connectivity index is 2.26. The number of aromatic nitrogens is 2. The van der Waals surface area contributed by atoms with Crippen molar-refractivity contribution in [1.29, 1.82) is 0 Å². The maximum absolute atomic E-state index is 12.7. The Morgan fingerprint density at radius 3 is 2.55 bits per heavy atom. The fourth-order valence-electron chi connectivity index (χ4n) is 2.47. The van der Waals surface area contributed by atoms with Crippen molar-refractivity contribution in [3.8, 4) is 11.5 Å². The van der Waals surface area contributed by atoms with Crippen LogP contribution in [0.4, 0.5) is 14.5 Å². The van der Waals surface area contributed by atoms with E-state index in [4.69, 9.17) is 4.74 Å². The van der Waals surface area contributed by atoms with Crippen molar-refractivity contribution < 1.29 is 27.8 Å². The number of nitrogens with one attached hydrogen (secondary N) is 2. The molecule has 10 heteroatoms. The van der Waals surface area contributed by atoms with Crippen molar-refractivity contribution >= 4 is 17.5 Å². The molecule has 0 unspecified atom stereocenters. The topological polar surface area (TPSA) is 94.5 Å². The van der Waals surface area contributed by atoms with Crippen molar-refractivity contribution in [1.82, 2.24) is 15.1 Å². The third-order valence-electron chi connectivity index (χ3n) is 3.81. The molecule has 2 N–H and O–H groups in total. The summed E-state index contributed by atoms with van der Waals surface area (Å²) >= 11 is 0. The SMILES string of the molecule is CCCNC(=O)c1nn(CC)cc1NC(=O)c1ccc(OC(F)F)c(OCC)c1. The van der Waals surface area contributed by atoms with Crippen LogP contribution in [0.15, 0.2) is 24.4 Å². The summed E-state index contributed by atoms with van der Waals surface area (Å²) in [6, 6.07) is 3.87. The van der Waals surface area contributed by atoms with E-state index < -0.39 is 18.4 Å². The maximum atomic E-state index is 12.7. The van der Waals surface area contributed by atoms with Gasteiger partial charge < -0.3 is 20.1 Å². The second-order valence-corrected chi connectivity index (χ2v) is 5.93. The zero-order valence-electron chi connectivity index (χ0n) is 16.5. The number of hydrogen-bond donors (Lipinski definition) is 2. The number of halogens is 2. The van der Waals surface area contributed by atoms with Crippen molar-refractivity contribution in [2.75, 3.05) is 18.5 Å². The molecule has 0 saturated carbocycles. The molecule has 2 rings (SSSR count). The molecule has 0 saturated heterocycles. The fraction of sp³-hybridized carbons (Fsp3) is 0.421. The molecule has 0 radical (unpaired) electrons. The Morgan fingerprint density at radius 2 is 1.93 bits per heavy atom. The first-order valence-electron chi connectivity index (χ1n) is 9.28. The van der Waals surface area contributed by atoms with Gasteiger partial charge in [0.05, 0.1) is 12.3 Å². The Morgan fingerprint density at radius 1 is 1.17 bits per heavy atom. The maximum Gasteiger partial charge on any atom is 0.387 e. The highest BCUT2D eigenvalue weighted by Gasteiger charge is 2.20. The van der Waals surface area contributed by atoms with E-state index in [0.29, 0.717) is 13.1 Å². The van der Waals surface area contributed by atoms with Crippen LogP contribution in [0.25, 0.3) is 0 Å². The number of alkyl halides is 2. The molecule has 8 nitrogen and oxygen atoms in total. The fourth-order valence-corrected chi connectivity index (χ4v) is 2.47. The van der Waals surface area contributed by atoms with Crippen LogP contribution in [-0.4, -0.2) is 41.4 Å². The van der Waals surface area contributed by atoms with Crippen LogP contribution >= 0.6 is 0 Å². The van der Waals surface area contributed by atoms with Crippen LogP contribution in [0.5, 0.6) is 11.5 Å². The van der Waals surface area contributed by atoms with Gasteiger partial charge in [0.2, 0.25) is 0 Å². The predicted molar refractivity (Wildman–Crippen MR) is 103 cm³/mol. The van der Waals surface area contributed by atoms with E-state index in [1.54, 1.807) is 13.1 Å². The summed E-state index contributed by atoms with van der Waals surface area (Å²) in [6.07, 6.45) is 2.31. The first-order valence-corrected chi connectivity index (χ1v) is 9.28. The van der Waals surface area contributed by atoms with E-state index >= 15 is 0 Å². The zero-order valence-corrected chi connectivity index (χ0v) is 16.5. The molecule has 0 atom stereocenters. The van der Waals surface area contributed by atoms with Crippen molar-refractivity contribution in [3.63, 3.8) is 0 Å². The normalized spacial score (nSPS) is 10.7. The molecule has 0 fully saturated rings. The van der Waals surface area contributed by atoms with Gasteiger partial charge in [-0.3, -0.25) is 14.3 Å². The number of rotatable bonds is 10. The van der Waals surface area contributed by atoms with Gasteiger partial charge in [0.1, 0.15) is 0 Å². The number of hydrogen-bond acceptors (Lipinski definition) is 5. The number of anilines is 1. The van der Waals surface area contributed by atoms with Crippen LogP contribution in [-0.2, 0) is 6.54 Å². The summed E-state index contributed by atoms with van der Waals surface area (Å²) in [7, 11) is 0. The van der Waals surface area contributed by atoms with E-state index in [-0.39, 0.29) is 35.1 Å². The molecule has 0 spiro atoms. The van der Waals surface area contributed by atoms with E-state index in [9.17, 15) is 18.4 Å². The van der Waals surface area contributed by atoms with Crippen molar-refractivity contribution in [2.24, 2.45) is 0 Å². The zero-order chi connectivity index (χ0) is 21.4. The number of carbonyl (C=O) groups excluding carboxylic acids is 2. The highest BCUT2D eigenvalue weighted by atomic mass is 19.3. The number of nitrogens with zero attached hydrogens (tertiary/aromatic N) is 2. The third-order valence-corrected chi connectivity index (χ3v) is 3.81. The van der Waals surface area contributed by atoms with Crippen LogP contribution in [0, 0.1) is 0 Å². The van der Waals surface area contributed by atoms with Gasteiger partial charge in [0, 0.05) is 24.8 Å². The average Bonchev–Trinajstić information content (AvgIpc) is 3.10. The molecule has 0 aliphatic carbocycles. The molecular formula is C19H24F2N4O4. The standard InChI is InChI=1S/C19H24F2N4O4/c1-4-9-22-18(27)16-13(11-25(5-2)24-16)23-17(26)12-7-8-14(29-19(20)21)15(10-12)28-6-3/h7-8,10-11,19H,4-6,9H2,1-3H3,(H,22,27)(H,23,26). The van der Waals surface area contributed by atoms with Crippen molar-refractivity contribution in [2.45, 2.75) is 40.3 Å². The monoisotopic (exact) mass is 410 g/mol. The van der Waals surface area contributed by atoms with Gasteiger partial charge in [-0.25, -0.2) is 0 Å². The highest BCUT2D eigenvalue weighted by molar-refractivity contribution is 6.08. The minimum atomic E-state index is -3.02. The van der Waals surface area contributed by atoms with Crippen LogP contribution in [0.3, 0.4) is 0 Å². The van der Waals surface area contributed by atoms with Crippen LogP contribution in [0.1, 0.15) is 48.0 Å². The number of aryl methyl sites for hydroxylation is 1. The van der Waals surface area contributed by atoms with Gasteiger partial charge in [0.25, 0.3) is 11.8 Å². The second-order valence-electron chi connectivity index (χ2n) is 5.93. The lowest BCUT2D eigenvalue weighted by molar-refractivity contribution is -0.0514. The lowest BCUT2D eigenvalue weighted by Gasteiger charge is -2.12. The number of amides is 2. The number of ether oxygens (including phenoxy) is 2. The Hall–Kier alpha value is -3.17. The van der Waals surface area contributed by atoms with Gasteiger partial charge in [-0.15, -0.1) is 0 Å². The van der Waals surface area contributed by atoms with Gasteiger partial charge >= 0.3 is 6.61 Å². The summed E-state index contributed by atoms with van der Waals surface area (Å²) < 4.78 is 36.3. The first-order chi connectivity index (χ1) is 13.9. The molecule has 2 amide bonds. The van der Waals surface area contributed by atoms with Gasteiger partial charge in [-0.1, -0.05) is 6.92 Å². The first kappa shape index (κ1) is 22.1. The second kappa shape index (κ2) is 10.4. The average molecular weight is 410 g/mol. The summed E-state index contributed by atoms with van der Waals surface area (Å²) in [5, 5.41) is 9.54. The quantitative estimate of drug-likeness (QED) is 0.627. The summed E-state index contributed by atoms with van der Waals surface area (Å²) in [4.78, 5) is 25.0. The third kappa shape index (κ3) is 5.90. The minimum Gasteiger partial charge on any atom is -0.490 e. The van der Waals surface area contributed by atoms with Crippen LogP contribution in [0.2, 0.25) is 0 Å². The molecule has 29 heavy (non-hydrogen) atoms. The molecule has 1 aromatic carbocycles. The van der Waals surface area contributed by atoms with Gasteiger partial charge in [-0.05, 0) is 38.5 Å². The predicted octanol–water partition coefficient (Wildman–Crippen LogP) is 3.30. The molecule has 0 aliphatic heterocycles. The largest absolute Gasteiger partial charge is 0.490 e. The van der Waals surface area contributed by atoms with E-state index in [1.165, 1.54) is 22.9 Å². The molecule has 1 heterocycles. The molecular weight excluding hydrogens is 386 g/mol. The number of carbonyl (C=O) groups is 2. The van der Waals surface area contributed by atoms with E-state index in [2.05, 4.69) is 20.5 Å². The Kier molecular flexibility index (Phi) is 7.93.